The summed E-state index contributed by atoms with van der Waals surface area (Å²) in [6, 6.07) is 13.7. The predicted octanol–water partition coefficient (Wildman–Crippen LogP) is 4.50. The van der Waals surface area contributed by atoms with E-state index in [-0.39, 0.29) is 18.0 Å². The molecule has 0 aliphatic carbocycles. The van der Waals surface area contributed by atoms with Gasteiger partial charge in [-0.05, 0) is 43.2 Å². The third kappa shape index (κ3) is 4.78. The van der Waals surface area contributed by atoms with E-state index in [4.69, 9.17) is 0 Å². The van der Waals surface area contributed by atoms with E-state index >= 15 is 0 Å². The van der Waals surface area contributed by atoms with E-state index in [2.05, 4.69) is 10.3 Å². The molecule has 1 saturated heterocycles. The first-order valence-electron chi connectivity index (χ1n) is 9.15. The van der Waals surface area contributed by atoms with Crippen molar-refractivity contribution in [1.82, 2.24) is 4.90 Å². The van der Waals surface area contributed by atoms with Gasteiger partial charge in [-0.25, -0.2) is 9.38 Å². The summed E-state index contributed by atoms with van der Waals surface area (Å²) in [6.07, 6.45) is 0.748. The standard InChI is InChI=1S/C21H22FN3O2S/c1-3-11-25-20(27)18(13-19(26)24-17-10-5-4-9-16(17)22)28-21(25)23-15-8-6-7-14(2)12-15/h4-10,12,18H,3,11,13H2,1-2H3,(H,24,26)/t18-/m0/s1. The molecule has 2 amide bonds. The van der Waals surface area contributed by atoms with Crippen LogP contribution in [-0.4, -0.2) is 33.7 Å². The summed E-state index contributed by atoms with van der Waals surface area (Å²) in [4.78, 5) is 31.4. The number of nitrogens with zero attached hydrogens (tertiary/aromatic N) is 2. The number of rotatable bonds is 6. The summed E-state index contributed by atoms with van der Waals surface area (Å²) in [5.41, 5.74) is 1.97. The number of benzene rings is 2. The molecule has 0 spiro atoms. The number of carbonyl (C=O) groups is 2. The van der Waals surface area contributed by atoms with E-state index in [1.54, 1.807) is 17.0 Å². The highest BCUT2D eigenvalue weighted by Crippen LogP contribution is 2.32. The van der Waals surface area contributed by atoms with Crippen molar-refractivity contribution in [1.29, 1.82) is 0 Å². The van der Waals surface area contributed by atoms with Crippen molar-refractivity contribution in [2.24, 2.45) is 4.99 Å². The Morgan fingerprint density at radius 2 is 2.04 bits per heavy atom. The van der Waals surface area contributed by atoms with Gasteiger partial charge in [0.25, 0.3) is 0 Å². The molecule has 146 valence electrons. The van der Waals surface area contributed by atoms with Crippen LogP contribution < -0.4 is 5.32 Å². The predicted molar refractivity (Wildman–Crippen MR) is 111 cm³/mol. The van der Waals surface area contributed by atoms with Gasteiger partial charge in [0.2, 0.25) is 11.8 Å². The van der Waals surface area contributed by atoms with Crippen molar-refractivity contribution in [2.75, 3.05) is 11.9 Å². The highest BCUT2D eigenvalue weighted by molar-refractivity contribution is 8.15. The number of anilines is 1. The molecular weight excluding hydrogens is 377 g/mol. The lowest BCUT2D eigenvalue weighted by atomic mass is 10.2. The Hall–Kier alpha value is -2.67. The molecule has 2 aromatic carbocycles. The second-order valence-corrected chi connectivity index (χ2v) is 7.73. The van der Waals surface area contributed by atoms with Gasteiger partial charge in [-0.3, -0.25) is 14.5 Å². The van der Waals surface area contributed by atoms with Crippen molar-refractivity contribution in [3.63, 3.8) is 0 Å². The average molecular weight is 399 g/mol. The maximum atomic E-state index is 13.7. The monoisotopic (exact) mass is 399 g/mol. The maximum Gasteiger partial charge on any atom is 0.242 e. The maximum absolute atomic E-state index is 13.7. The first kappa shape index (κ1) is 20.1. The van der Waals surface area contributed by atoms with Gasteiger partial charge >= 0.3 is 0 Å². The normalized spacial score (nSPS) is 18.0. The number of amidine groups is 1. The van der Waals surface area contributed by atoms with Crippen LogP contribution in [0.5, 0.6) is 0 Å². The average Bonchev–Trinajstić information content (AvgIpc) is 2.93. The zero-order chi connectivity index (χ0) is 20.1. The number of aryl methyl sites for hydroxylation is 1. The van der Waals surface area contributed by atoms with Crippen molar-refractivity contribution < 1.29 is 14.0 Å². The Morgan fingerprint density at radius 3 is 2.75 bits per heavy atom. The van der Waals surface area contributed by atoms with Crippen LogP contribution in [0, 0.1) is 12.7 Å². The molecule has 0 unspecified atom stereocenters. The molecule has 28 heavy (non-hydrogen) atoms. The molecule has 0 saturated carbocycles. The van der Waals surface area contributed by atoms with Crippen LogP contribution in [0.2, 0.25) is 0 Å². The Balaban J connectivity index is 1.74. The fraction of sp³-hybridized carbons (Fsp3) is 0.286. The Morgan fingerprint density at radius 1 is 1.25 bits per heavy atom. The quantitative estimate of drug-likeness (QED) is 0.778. The zero-order valence-corrected chi connectivity index (χ0v) is 16.6. The molecule has 1 aliphatic rings. The molecular formula is C21H22FN3O2S. The van der Waals surface area contributed by atoms with Gasteiger partial charge in [-0.2, -0.15) is 0 Å². The Labute approximate surface area is 168 Å². The number of thioether (sulfide) groups is 1. The molecule has 2 aromatic rings. The third-order valence-corrected chi connectivity index (χ3v) is 5.39. The number of halogens is 1. The minimum absolute atomic E-state index is 0.0368. The number of carbonyl (C=O) groups excluding carboxylic acids is 2. The van der Waals surface area contributed by atoms with E-state index in [1.165, 1.54) is 23.9 Å². The lowest BCUT2D eigenvalue weighted by Gasteiger charge is -2.15. The molecule has 3 rings (SSSR count). The van der Waals surface area contributed by atoms with Crippen LogP contribution in [0.4, 0.5) is 15.8 Å². The fourth-order valence-electron chi connectivity index (χ4n) is 2.89. The number of para-hydroxylation sites is 1. The number of hydrogen-bond donors (Lipinski definition) is 1. The summed E-state index contributed by atoms with van der Waals surface area (Å²) in [7, 11) is 0. The van der Waals surface area contributed by atoms with Gasteiger partial charge < -0.3 is 5.32 Å². The van der Waals surface area contributed by atoms with Crippen molar-refractivity contribution >= 4 is 40.1 Å². The number of hydrogen-bond acceptors (Lipinski definition) is 4. The van der Waals surface area contributed by atoms with Gasteiger partial charge in [-0.15, -0.1) is 0 Å². The molecule has 5 nitrogen and oxygen atoms in total. The zero-order valence-electron chi connectivity index (χ0n) is 15.8. The van der Waals surface area contributed by atoms with E-state index in [0.717, 1.165) is 17.7 Å². The largest absolute Gasteiger partial charge is 0.324 e. The van der Waals surface area contributed by atoms with Gasteiger partial charge in [0.15, 0.2) is 5.17 Å². The lowest BCUT2D eigenvalue weighted by molar-refractivity contribution is -0.128. The molecule has 1 fully saturated rings. The Bertz CT molecular complexity index is 916. The summed E-state index contributed by atoms with van der Waals surface area (Å²) in [5.74, 6) is -1.04. The summed E-state index contributed by atoms with van der Waals surface area (Å²) < 4.78 is 13.7. The Kier molecular flexibility index (Phi) is 6.46. The van der Waals surface area contributed by atoms with Crippen LogP contribution in [0.1, 0.15) is 25.3 Å². The summed E-state index contributed by atoms with van der Waals surface area (Å²) >= 11 is 1.28. The molecule has 0 aromatic heterocycles. The van der Waals surface area contributed by atoms with Crippen molar-refractivity contribution in [3.8, 4) is 0 Å². The van der Waals surface area contributed by atoms with Crippen LogP contribution >= 0.6 is 11.8 Å². The van der Waals surface area contributed by atoms with E-state index in [0.29, 0.717) is 11.7 Å². The molecule has 0 radical (unpaired) electrons. The summed E-state index contributed by atoms with van der Waals surface area (Å²) in [6.45, 7) is 4.51. The van der Waals surface area contributed by atoms with Crippen LogP contribution in [-0.2, 0) is 9.59 Å². The molecule has 7 heteroatoms. The molecule has 1 atom stereocenters. The SMILES string of the molecule is CCCN1C(=O)[C@H](CC(=O)Nc2ccccc2F)SC1=Nc1cccc(C)c1. The first-order chi connectivity index (χ1) is 13.5. The van der Waals surface area contributed by atoms with Gasteiger partial charge in [0, 0.05) is 13.0 Å². The number of nitrogens with one attached hydrogen (secondary N) is 1. The van der Waals surface area contributed by atoms with Gasteiger partial charge in [0.05, 0.1) is 11.4 Å². The highest BCUT2D eigenvalue weighted by atomic mass is 32.2. The fourth-order valence-corrected chi connectivity index (χ4v) is 4.08. The minimum Gasteiger partial charge on any atom is -0.324 e. The van der Waals surface area contributed by atoms with Crippen LogP contribution in [0.25, 0.3) is 0 Å². The van der Waals surface area contributed by atoms with Gasteiger partial charge in [0.1, 0.15) is 11.1 Å². The second-order valence-electron chi connectivity index (χ2n) is 6.56. The molecule has 1 heterocycles. The topological polar surface area (TPSA) is 61.8 Å². The second kappa shape index (κ2) is 9.01. The number of aliphatic imine (C=N–C) groups is 1. The van der Waals surface area contributed by atoms with Crippen LogP contribution in [0.15, 0.2) is 53.5 Å². The third-order valence-electron chi connectivity index (χ3n) is 4.21. The lowest BCUT2D eigenvalue weighted by Crippen LogP contribution is -2.34. The van der Waals surface area contributed by atoms with Crippen molar-refractivity contribution in [2.45, 2.75) is 31.9 Å². The smallest absolute Gasteiger partial charge is 0.242 e. The van der Waals surface area contributed by atoms with E-state index in [1.807, 2.05) is 38.1 Å². The van der Waals surface area contributed by atoms with Crippen LogP contribution in [0.3, 0.4) is 0 Å². The summed E-state index contributed by atoms with van der Waals surface area (Å²) in [5, 5.41) is 2.57. The van der Waals surface area contributed by atoms with Crippen molar-refractivity contribution in [3.05, 3.63) is 59.9 Å². The minimum atomic E-state index is -0.568. The van der Waals surface area contributed by atoms with E-state index in [9.17, 15) is 14.0 Å². The van der Waals surface area contributed by atoms with Gasteiger partial charge in [-0.1, -0.05) is 43.0 Å². The highest BCUT2D eigenvalue weighted by Gasteiger charge is 2.38. The first-order valence-corrected chi connectivity index (χ1v) is 10.0. The molecule has 0 bridgehead atoms. The van der Waals surface area contributed by atoms with E-state index < -0.39 is 17.0 Å². The number of amides is 2. The molecule has 1 aliphatic heterocycles. The molecule has 1 N–H and O–H groups in total.